The van der Waals surface area contributed by atoms with Crippen molar-refractivity contribution in [3.8, 4) is 5.75 Å². The Morgan fingerprint density at radius 2 is 1.83 bits per heavy atom. The molecular formula is C18H17NO4. The van der Waals surface area contributed by atoms with Gasteiger partial charge in [0.2, 0.25) is 11.8 Å². The largest absolute Gasteiger partial charge is 0.426 e. The van der Waals surface area contributed by atoms with Crippen molar-refractivity contribution in [2.24, 2.45) is 23.7 Å². The second kappa shape index (κ2) is 5.05. The minimum absolute atomic E-state index is 0.129. The smallest absolute Gasteiger partial charge is 0.310 e. The Morgan fingerprint density at radius 1 is 1.17 bits per heavy atom. The van der Waals surface area contributed by atoms with Gasteiger partial charge in [-0.25, -0.2) is 4.90 Å². The van der Waals surface area contributed by atoms with Gasteiger partial charge in [0.15, 0.2) is 0 Å². The molecular weight excluding hydrogens is 294 g/mol. The Hall–Kier alpha value is -2.43. The summed E-state index contributed by atoms with van der Waals surface area (Å²) in [5, 5.41) is 0. The number of esters is 1. The Balaban J connectivity index is 1.64. The molecule has 0 aromatic heterocycles. The first-order valence-electron chi connectivity index (χ1n) is 7.97. The Kier molecular flexibility index (Phi) is 3.11. The maximum absolute atomic E-state index is 12.7. The molecule has 0 N–H and O–H groups in total. The molecule has 4 rings (SSSR count). The van der Waals surface area contributed by atoms with E-state index < -0.39 is 0 Å². The van der Waals surface area contributed by atoms with Crippen LogP contribution in [0.2, 0.25) is 0 Å². The van der Waals surface area contributed by atoms with Crippen LogP contribution < -0.4 is 9.64 Å². The Labute approximate surface area is 133 Å². The number of carbonyl (C=O) groups is 3. The van der Waals surface area contributed by atoms with E-state index in [9.17, 15) is 14.4 Å². The van der Waals surface area contributed by atoms with E-state index in [0.29, 0.717) is 11.4 Å². The van der Waals surface area contributed by atoms with Crippen molar-refractivity contribution in [2.45, 2.75) is 19.8 Å². The first-order valence-corrected chi connectivity index (χ1v) is 7.97. The van der Waals surface area contributed by atoms with E-state index in [0.717, 1.165) is 6.42 Å². The number of allylic oxidation sites excluding steroid dienone is 2. The van der Waals surface area contributed by atoms with Crippen LogP contribution in [0.3, 0.4) is 0 Å². The molecule has 1 aliphatic heterocycles. The van der Waals surface area contributed by atoms with E-state index in [1.165, 1.54) is 4.90 Å². The van der Waals surface area contributed by atoms with E-state index in [2.05, 4.69) is 12.2 Å². The van der Waals surface area contributed by atoms with Gasteiger partial charge in [-0.05, 0) is 30.4 Å². The van der Waals surface area contributed by atoms with E-state index in [4.69, 9.17) is 4.74 Å². The number of benzene rings is 1. The summed E-state index contributed by atoms with van der Waals surface area (Å²) in [6.07, 6.45) is 5.32. The molecule has 1 aromatic rings. The topological polar surface area (TPSA) is 63.7 Å². The van der Waals surface area contributed by atoms with Gasteiger partial charge < -0.3 is 4.74 Å². The third-order valence-electron chi connectivity index (χ3n) is 5.07. The Morgan fingerprint density at radius 3 is 2.43 bits per heavy atom. The van der Waals surface area contributed by atoms with Crippen LogP contribution in [0.4, 0.5) is 5.69 Å². The molecule has 1 saturated carbocycles. The van der Waals surface area contributed by atoms with Crippen LogP contribution in [-0.4, -0.2) is 17.8 Å². The van der Waals surface area contributed by atoms with Crippen LogP contribution in [0.25, 0.3) is 0 Å². The fraction of sp³-hybridized carbons (Fsp3) is 0.389. The molecule has 4 atom stereocenters. The molecule has 2 fully saturated rings. The first kappa shape index (κ1) is 14.2. The van der Waals surface area contributed by atoms with Crippen LogP contribution >= 0.6 is 0 Å². The lowest BCUT2D eigenvalue weighted by atomic mass is 9.85. The molecule has 23 heavy (non-hydrogen) atoms. The molecule has 5 nitrogen and oxygen atoms in total. The molecule has 5 heteroatoms. The summed E-state index contributed by atoms with van der Waals surface area (Å²) in [6, 6.07) is 6.62. The zero-order valence-corrected chi connectivity index (χ0v) is 12.8. The number of amides is 2. The normalized spacial score (nSPS) is 30.9. The summed E-state index contributed by atoms with van der Waals surface area (Å²) in [4.78, 5) is 38.2. The fourth-order valence-electron chi connectivity index (χ4n) is 4.05. The standard InChI is InChI=1S/C18H17NO4/c1-2-14(20)23-13-5-3-4-12(9-13)19-17(21)15-10-6-7-11(8-10)16(15)18(19)22/h3-7,9-11,15-16H,2,8H2,1H3/t10-,11-,15-,16-/m0/s1. The highest BCUT2D eigenvalue weighted by atomic mass is 16.5. The SMILES string of the molecule is CCC(=O)Oc1cccc(N2C(=O)[C@@H]3[C@@H](C2=O)[C@H]2C=C[C@H]3C2)c1. The molecule has 1 aromatic carbocycles. The van der Waals surface area contributed by atoms with Gasteiger partial charge in [0.05, 0.1) is 17.5 Å². The summed E-state index contributed by atoms with van der Waals surface area (Å²) in [7, 11) is 0. The van der Waals surface area contributed by atoms with Gasteiger partial charge >= 0.3 is 5.97 Å². The molecule has 2 bridgehead atoms. The number of carbonyl (C=O) groups excluding carboxylic acids is 3. The Bertz CT molecular complexity index is 708. The van der Waals surface area contributed by atoms with Crippen molar-refractivity contribution in [3.05, 3.63) is 36.4 Å². The number of hydrogen-bond donors (Lipinski definition) is 0. The van der Waals surface area contributed by atoms with Crippen LogP contribution in [-0.2, 0) is 14.4 Å². The monoisotopic (exact) mass is 311 g/mol. The number of nitrogens with zero attached hydrogens (tertiary/aromatic N) is 1. The van der Waals surface area contributed by atoms with Crippen molar-refractivity contribution in [3.63, 3.8) is 0 Å². The predicted molar refractivity (Wildman–Crippen MR) is 82.6 cm³/mol. The summed E-state index contributed by atoms with van der Waals surface area (Å²) >= 11 is 0. The van der Waals surface area contributed by atoms with Gasteiger partial charge in [-0.1, -0.05) is 25.1 Å². The number of fused-ring (bicyclic) bond motifs is 5. The maximum atomic E-state index is 12.7. The van der Waals surface area contributed by atoms with E-state index in [1.807, 2.05) is 0 Å². The lowest BCUT2D eigenvalue weighted by Gasteiger charge is -2.17. The summed E-state index contributed by atoms with van der Waals surface area (Å²) < 4.78 is 5.18. The van der Waals surface area contributed by atoms with Crippen LogP contribution in [0.1, 0.15) is 19.8 Å². The van der Waals surface area contributed by atoms with Gasteiger partial charge in [-0.15, -0.1) is 0 Å². The first-order chi connectivity index (χ1) is 11.1. The predicted octanol–water partition coefficient (Wildman–Crippen LogP) is 2.31. The van der Waals surface area contributed by atoms with Crippen molar-refractivity contribution >= 4 is 23.5 Å². The highest BCUT2D eigenvalue weighted by molar-refractivity contribution is 6.22. The number of rotatable bonds is 3. The number of hydrogen-bond acceptors (Lipinski definition) is 4. The van der Waals surface area contributed by atoms with Gasteiger partial charge in [0.1, 0.15) is 5.75 Å². The minimum atomic E-state index is -0.347. The highest BCUT2D eigenvalue weighted by Gasteiger charge is 2.59. The van der Waals surface area contributed by atoms with Crippen molar-refractivity contribution in [2.75, 3.05) is 4.90 Å². The fourth-order valence-corrected chi connectivity index (χ4v) is 4.05. The van der Waals surface area contributed by atoms with Crippen molar-refractivity contribution in [1.29, 1.82) is 0 Å². The maximum Gasteiger partial charge on any atom is 0.310 e. The van der Waals surface area contributed by atoms with Gasteiger partial charge in [-0.3, -0.25) is 14.4 Å². The molecule has 2 amide bonds. The van der Waals surface area contributed by atoms with Crippen LogP contribution in [0, 0.1) is 23.7 Å². The molecule has 1 heterocycles. The minimum Gasteiger partial charge on any atom is -0.426 e. The lowest BCUT2D eigenvalue weighted by molar-refractivity contribution is -0.134. The molecule has 2 aliphatic carbocycles. The zero-order chi connectivity index (χ0) is 16.1. The van der Waals surface area contributed by atoms with E-state index in [-0.39, 0.29) is 47.9 Å². The zero-order valence-electron chi connectivity index (χ0n) is 12.8. The number of ether oxygens (including phenoxy) is 1. The molecule has 3 aliphatic rings. The van der Waals surface area contributed by atoms with Crippen molar-refractivity contribution < 1.29 is 19.1 Å². The van der Waals surface area contributed by atoms with E-state index in [1.54, 1.807) is 31.2 Å². The van der Waals surface area contributed by atoms with E-state index >= 15 is 0 Å². The quantitative estimate of drug-likeness (QED) is 0.372. The second-order valence-electron chi connectivity index (χ2n) is 6.34. The summed E-state index contributed by atoms with van der Waals surface area (Å²) in [6.45, 7) is 1.71. The van der Waals surface area contributed by atoms with Crippen LogP contribution in [0.5, 0.6) is 5.75 Å². The van der Waals surface area contributed by atoms with Crippen LogP contribution in [0.15, 0.2) is 36.4 Å². The van der Waals surface area contributed by atoms with Gasteiger partial charge in [0.25, 0.3) is 0 Å². The summed E-state index contributed by atoms with van der Waals surface area (Å²) in [5.74, 6) is -0.320. The molecule has 0 spiro atoms. The highest BCUT2D eigenvalue weighted by Crippen LogP contribution is 2.53. The summed E-state index contributed by atoms with van der Waals surface area (Å²) in [5.41, 5.74) is 0.482. The molecule has 118 valence electrons. The van der Waals surface area contributed by atoms with Gasteiger partial charge in [-0.2, -0.15) is 0 Å². The average molecular weight is 311 g/mol. The lowest BCUT2D eigenvalue weighted by Crippen LogP contribution is -2.32. The van der Waals surface area contributed by atoms with Crippen molar-refractivity contribution in [1.82, 2.24) is 0 Å². The molecule has 0 unspecified atom stereocenters. The molecule has 0 radical (unpaired) electrons. The molecule has 1 saturated heterocycles. The third-order valence-corrected chi connectivity index (χ3v) is 5.07. The third kappa shape index (κ3) is 2.03. The second-order valence-corrected chi connectivity index (χ2v) is 6.34. The number of imide groups is 1. The average Bonchev–Trinajstić information content (AvgIpc) is 3.21. The van der Waals surface area contributed by atoms with Gasteiger partial charge in [0, 0.05) is 12.5 Å². The number of anilines is 1.